The summed E-state index contributed by atoms with van der Waals surface area (Å²) < 4.78 is 0. The first-order valence-electron chi connectivity index (χ1n) is 11.4. The molecule has 2 N–H and O–H groups in total. The van der Waals surface area contributed by atoms with Gasteiger partial charge in [0.05, 0.1) is 6.04 Å². The summed E-state index contributed by atoms with van der Waals surface area (Å²) >= 11 is 1.55. The van der Waals surface area contributed by atoms with Gasteiger partial charge in [-0.25, -0.2) is 4.79 Å². The van der Waals surface area contributed by atoms with Crippen LogP contribution in [0, 0.1) is 5.92 Å². The first kappa shape index (κ1) is 23.7. The molecule has 2 heterocycles. The predicted molar refractivity (Wildman–Crippen MR) is 133 cm³/mol. The van der Waals surface area contributed by atoms with Crippen molar-refractivity contribution in [1.82, 2.24) is 15.5 Å². The largest absolute Gasteiger partial charge is 0.343 e. The number of rotatable bonds is 8. The van der Waals surface area contributed by atoms with Gasteiger partial charge in [-0.15, -0.1) is 11.3 Å². The molecule has 0 saturated carbocycles. The molecule has 1 saturated heterocycles. The SMILES string of the molecule is CC(C)Cc1ccc(C(NC(=O)CN2C(=O)NC(C)(c3ccccc3)C2=O)c2cccs2)cc1. The number of thiophene rings is 1. The van der Waals surface area contributed by atoms with Crippen LogP contribution in [0.4, 0.5) is 4.79 Å². The van der Waals surface area contributed by atoms with E-state index in [1.165, 1.54) is 5.56 Å². The van der Waals surface area contributed by atoms with Gasteiger partial charge in [0.25, 0.3) is 5.91 Å². The maximum atomic E-state index is 13.1. The number of hydrogen-bond donors (Lipinski definition) is 2. The van der Waals surface area contributed by atoms with E-state index in [4.69, 9.17) is 0 Å². The molecule has 3 aromatic rings. The van der Waals surface area contributed by atoms with Gasteiger partial charge in [0.1, 0.15) is 12.1 Å². The van der Waals surface area contributed by atoms with Crippen molar-refractivity contribution in [2.45, 2.75) is 38.8 Å². The summed E-state index contributed by atoms with van der Waals surface area (Å²) in [7, 11) is 0. The Kier molecular flexibility index (Phi) is 6.84. The molecule has 2 aromatic carbocycles. The Morgan fingerprint density at radius 1 is 1.03 bits per heavy atom. The fraction of sp³-hybridized carbons (Fsp3) is 0.296. The normalized spacial score (nSPS) is 18.8. The van der Waals surface area contributed by atoms with Gasteiger partial charge in [0.2, 0.25) is 5.91 Å². The molecule has 1 fully saturated rings. The van der Waals surface area contributed by atoms with Crippen LogP contribution in [0.15, 0.2) is 72.1 Å². The zero-order valence-electron chi connectivity index (χ0n) is 19.6. The van der Waals surface area contributed by atoms with Crippen molar-refractivity contribution < 1.29 is 14.4 Å². The molecular weight excluding hydrogens is 446 g/mol. The number of urea groups is 1. The number of carbonyl (C=O) groups is 3. The highest BCUT2D eigenvalue weighted by atomic mass is 32.1. The van der Waals surface area contributed by atoms with Crippen molar-refractivity contribution >= 4 is 29.2 Å². The lowest BCUT2D eigenvalue weighted by Gasteiger charge is -2.23. The molecule has 0 bridgehead atoms. The second-order valence-corrected chi connectivity index (χ2v) is 10.1. The average molecular weight is 476 g/mol. The third-order valence-electron chi connectivity index (χ3n) is 6.02. The van der Waals surface area contributed by atoms with Crippen molar-refractivity contribution in [3.8, 4) is 0 Å². The number of hydrogen-bond acceptors (Lipinski definition) is 4. The second kappa shape index (κ2) is 9.81. The Labute approximate surface area is 204 Å². The molecule has 34 heavy (non-hydrogen) atoms. The highest BCUT2D eigenvalue weighted by Crippen LogP contribution is 2.29. The molecule has 2 atom stereocenters. The van der Waals surface area contributed by atoms with Gasteiger partial charge in [0.15, 0.2) is 0 Å². The Balaban J connectivity index is 1.50. The molecule has 1 aromatic heterocycles. The lowest BCUT2D eigenvalue weighted by molar-refractivity contribution is -0.135. The van der Waals surface area contributed by atoms with Crippen LogP contribution in [-0.4, -0.2) is 29.3 Å². The van der Waals surface area contributed by atoms with E-state index in [0.717, 1.165) is 21.8 Å². The summed E-state index contributed by atoms with van der Waals surface area (Å²) in [5.41, 5.74) is 1.68. The van der Waals surface area contributed by atoms with E-state index < -0.39 is 23.4 Å². The Morgan fingerprint density at radius 2 is 1.74 bits per heavy atom. The fourth-order valence-electron chi connectivity index (χ4n) is 4.25. The molecule has 4 rings (SSSR count). The van der Waals surface area contributed by atoms with E-state index in [-0.39, 0.29) is 12.6 Å². The molecule has 0 radical (unpaired) electrons. The van der Waals surface area contributed by atoms with Crippen LogP contribution in [0.2, 0.25) is 0 Å². The lowest BCUT2D eigenvalue weighted by Crippen LogP contribution is -2.44. The maximum Gasteiger partial charge on any atom is 0.325 e. The summed E-state index contributed by atoms with van der Waals surface area (Å²) in [5.74, 6) is -0.278. The summed E-state index contributed by atoms with van der Waals surface area (Å²) in [5, 5.41) is 7.74. The van der Waals surface area contributed by atoms with Gasteiger partial charge in [0, 0.05) is 4.88 Å². The molecule has 0 spiro atoms. The Morgan fingerprint density at radius 3 is 2.35 bits per heavy atom. The van der Waals surface area contributed by atoms with E-state index in [1.807, 2.05) is 47.8 Å². The number of imide groups is 1. The number of carbonyl (C=O) groups excluding carboxylic acids is 3. The Bertz CT molecular complexity index is 1160. The Hall–Kier alpha value is -3.45. The second-order valence-electron chi connectivity index (χ2n) is 9.17. The summed E-state index contributed by atoms with van der Waals surface area (Å²) in [6, 6.07) is 20.3. The quantitative estimate of drug-likeness (QED) is 0.467. The van der Waals surface area contributed by atoms with Crippen LogP contribution >= 0.6 is 11.3 Å². The fourth-order valence-corrected chi connectivity index (χ4v) is 5.05. The summed E-state index contributed by atoms with van der Waals surface area (Å²) in [6.45, 7) is 5.68. The topological polar surface area (TPSA) is 78.5 Å². The molecule has 7 heteroatoms. The van der Waals surface area contributed by atoms with Crippen LogP contribution in [-0.2, 0) is 21.5 Å². The van der Waals surface area contributed by atoms with Crippen LogP contribution in [0.1, 0.15) is 48.4 Å². The number of amides is 4. The number of benzene rings is 2. The van der Waals surface area contributed by atoms with Crippen LogP contribution < -0.4 is 10.6 Å². The van der Waals surface area contributed by atoms with Gasteiger partial charge in [-0.05, 0) is 47.4 Å². The molecule has 6 nitrogen and oxygen atoms in total. The van der Waals surface area contributed by atoms with E-state index in [0.29, 0.717) is 11.5 Å². The highest BCUT2D eigenvalue weighted by Gasteiger charge is 2.49. The van der Waals surface area contributed by atoms with Crippen molar-refractivity contribution in [2.75, 3.05) is 6.54 Å². The molecule has 1 aliphatic rings. The highest BCUT2D eigenvalue weighted by molar-refractivity contribution is 7.10. The maximum absolute atomic E-state index is 13.1. The average Bonchev–Trinajstić information content (AvgIpc) is 3.42. The minimum Gasteiger partial charge on any atom is -0.343 e. The first-order valence-corrected chi connectivity index (χ1v) is 12.3. The van der Waals surface area contributed by atoms with E-state index >= 15 is 0 Å². The van der Waals surface area contributed by atoms with Crippen molar-refractivity contribution in [2.24, 2.45) is 5.92 Å². The zero-order valence-corrected chi connectivity index (χ0v) is 20.4. The molecule has 4 amide bonds. The van der Waals surface area contributed by atoms with Gasteiger partial charge >= 0.3 is 6.03 Å². The van der Waals surface area contributed by atoms with Gasteiger partial charge in [-0.2, -0.15) is 0 Å². The molecule has 176 valence electrons. The zero-order chi connectivity index (χ0) is 24.3. The molecule has 2 unspecified atom stereocenters. The van der Waals surface area contributed by atoms with Gasteiger partial charge < -0.3 is 10.6 Å². The predicted octanol–water partition coefficient (Wildman–Crippen LogP) is 4.62. The minimum absolute atomic E-state index is 0.347. The van der Waals surface area contributed by atoms with Crippen LogP contribution in [0.25, 0.3) is 0 Å². The number of nitrogens with zero attached hydrogens (tertiary/aromatic N) is 1. The monoisotopic (exact) mass is 475 g/mol. The summed E-state index contributed by atoms with van der Waals surface area (Å²) in [4.78, 5) is 40.8. The third-order valence-corrected chi connectivity index (χ3v) is 6.96. The standard InChI is InChI=1S/C27H29N3O3S/c1-18(2)16-19-11-13-20(14-12-19)24(22-10-7-15-34-22)28-23(31)17-30-25(32)27(3,29-26(30)33)21-8-5-4-6-9-21/h4-15,18,24H,16-17H2,1-3H3,(H,28,31)(H,29,33). The van der Waals surface area contributed by atoms with Crippen LogP contribution in [0.3, 0.4) is 0 Å². The number of nitrogens with one attached hydrogen (secondary N) is 2. The van der Waals surface area contributed by atoms with E-state index in [9.17, 15) is 14.4 Å². The summed E-state index contributed by atoms with van der Waals surface area (Å²) in [6.07, 6.45) is 0.989. The van der Waals surface area contributed by atoms with Crippen molar-refractivity contribution in [3.05, 3.63) is 93.7 Å². The lowest BCUT2D eigenvalue weighted by atomic mass is 9.92. The van der Waals surface area contributed by atoms with Crippen molar-refractivity contribution in [1.29, 1.82) is 0 Å². The minimum atomic E-state index is -1.20. The van der Waals surface area contributed by atoms with E-state index in [2.05, 4.69) is 36.6 Å². The first-order chi connectivity index (χ1) is 16.3. The smallest absolute Gasteiger partial charge is 0.325 e. The van der Waals surface area contributed by atoms with Crippen LogP contribution in [0.5, 0.6) is 0 Å². The van der Waals surface area contributed by atoms with Gasteiger partial charge in [-0.1, -0.05) is 74.5 Å². The molecular formula is C27H29N3O3S. The van der Waals surface area contributed by atoms with Crippen molar-refractivity contribution in [3.63, 3.8) is 0 Å². The molecule has 1 aliphatic heterocycles. The molecule has 0 aliphatic carbocycles. The van der Waals surface area contributed by atoms with Gasteiger partial charge in [-0.3, -0.25) is 14.5 Å². The third kappa shape index (κ3) is 4.89. The van der Waals surface area contributed by atoms with E-state index in [1.54, 1.807) is 30.4 Å².